The molecule has 0 bridgehead atoms. The van der Waals surface area contributed by atoms with E-state index >= 15 is 0 Å². The second kappa shape index (κ2) is 9.98. The summed E-state index contributed by atoms with van der Waals surface area (Å²) >= 11 is 1.28. The van der Waals surface area contributed by atoms with E-state index < -0.39 is 17.7 Å². The number of benzene rings is 1. The van der Waals surface area contributed by atoms with E-state index in [-0.39, 0.29) is 11.4 Å². The standard InChI is InChI=1S/C23H28N2O5S/c1-5-30-16-10-9-15(14-17(16)29-4)20-19(21(26)18-8-6-13-31-18)22(27)23(28)25(20)12-7-11-24(2)3/h6,8-10,13-14,20,27H,5,7,11-12H2,1-4H3. The Labute approximate surface area is 186 Å². The van der Waals surface area contributed by atoms with Crippen LogP contribution in [0.3, 0.4) is 0 Å². The zero-order valence-electron chi connectivity index (χ0n) is 18.3. The van der Waals surface area contributed by atoms with Crippen molar-refractivity contribution in [2.45, 2.75) is 19.4 Å². The van der Waals surface area contributed by atoms with Gasteiger partial charge in [-0.1, -0.05) is 12.1 Å². The van der Waals surface area contributed by atoms with Crippen LogP contribution < -0.4 is 9.47 Å². The van der Waals surface area contributed by atoms with Gasteiger partial charge in [0.1, 0.15) is 0 Å². The molecular formula is C23H28N2O5S. The number of ether oxygens (including phenoxy) is 2. The molecule has 1 amide bonds. The lowest BCUT2D eigenvalue weighted by Crippen LogP contribution is -2.33. The van der Waals surface area contributed by atoms with Crippen molar-refractivity contribution in [3.63, 3.8) is 0 Å². The van der Waals surface area contributed by atoms with E-state index in [9.17, 15) is 14.7 Å². The molecule has 1 N–H and O–H groups in total. The normalized spacial score (nSPS) is 16.4. The van der Waals surface area contributed by atoms with Gasteiger partial charge in [-0.3, -0.25) is 9.59 Å². The van der Waals surface area contributed by atoms with Crippen molar-refractivity contribution in [2.75, 3.05) is 40.9 Å². The smallest absolute Gasteiger partial charge is 0.290 e. The number of nitrogens with zero attached hydrogens (tertiary/aromatic N) is 2. The number of methoxy groups -OCH3 is 1. The summed E-state index contributed by atoms with van der Waals surface area (Å²) in [6.45, 7) is 3.55. The molecular weight excluding hydrogens is 416 g/mol. The van der Waals surface area contributed by atoms with Gasteiger partial charge in [0.2, 0.25) is 5.78 Å². The summed E-state index contributed by atoms with van der Waals surface area (Å²) in [5.74, 6) is -0.266. The highest BCUT2D eigenvalue weighted by molar-refractivity contribution is 7.12. The number of aliphatic hydroxyl groups is 1. The van der Waals surface area contributed by atoms with Gasteiger partial charge in [0.15, 0.2) is 17.3 Å². The molecule has 0 aliphatic carbocycles. The van der Waals surface area contributed by atoms with Crippen LogP contribution in [0.15, 0.2) is 47.0 Å². The van der Waals surface area contributed by atoms with Crippen molar-refractivity contribution >= 4 is 23.0 Å². The molecule has 0 spiro atoms. The number of carbonyl (C=O) groups excluding carboxylic acids is 2. The Morgan fingerprint density at radius 2 is 2.03 bits per heavy atom. The predicted molar refractivity (Wildman–Crippen MR) is 120 cm³/mol. The van der Waals surface area contributed by atoms with Gasteiger partial charge >= 0.3 is 0 Å². The van der Waals surface area contributed by atoms with Gasteiger partial charge in [-0.2, -0.15) is 0 Å². The van der Waals surface area contributed by atoms with Crippen molar-refractivity contribution in [1.82, 2.24) is 9.80 Å². The molecule has 2 aromatic rings. The maximum absolute atomic E-state index is 13.2. The molecule has 1 unspecified atom stereocenters. The maximum Gasteiger partial charge on any atom is 0.290 e. The SMILES string of the molecule is CCOc1ccc(C2C(C(=O)c3cccs3)=C(O)C(=O)N2CCCN(C)C)cc1OC. The molecule has 1 aromatic heterocycles. The first-order chi connectivity index (χ1) is 14.9. The molecule has 0 radical (unpaired) electrons. The average Bonchev–Trinajstić information content (AvgIpc) is 3.37. The molecule has 166 valence electrons. The Morgan fingerprint density at radius 3 is 2.65 bits per heavy atom. The molecule has 1 aliphatic heterocycles. The fourth-order valence-corrected chi connectivity index (χ4v) is 4.37. The Balaban J connectivity index is 2.04. The monoisotopic (exact) mass is 444 g/mol. The minimum absolute atomic E-state index is 0.100. The number of amides is 1. The van der Waals surface area contributed by atoms with Crippen LogP contribution >= 0.6 is 11.3 Å². The van der Waals surface area contributed by atoms with Crippen molar-refractivity contribution in [1.29, 1.82) is 0 Å². The first-order valence-electron chi connectivity index (χ1n) is 10.2. The summed E-state index contributed by atoms with van der Waals surface area (Å²) in [6.07, 6.45) is 0.706. The molecule has 2 heterocycles. The van der Waals surface area contributed by atoms with E-state index in [0.29, 0.717) is 41.5 Å². The van der Waals surface area contributed by atoms with Crippen molar-refractivity contribution in [2.24, 2.45) is 0 Å². The topological polar surface area (TPSA) is 79.3 Å². The minimum atomic E-state index is -0.700. The van der Waals surface area contributed by atoms with Gasteiger partial charge in [-0.25, -0.2) is 0 Å². The quantitative estimate of drug-likeness (QED) is 0.563. The van der Waals surface area contributed by atoms with E-state index in [4.69, 9.17) is 9.47 Å². The Morgan fingerprint density at radius 1 is 1.26 bits per heavy atom. The molecule has 1 aliphatic rings. The number of thiophene rings is 1. The molecule has 1 atom stereocenters. The van der Waals surface area contributed by atoms with Crippen molar-refractivity contribution < 1.29 is 24.2 Å². The Bertz CT molecular complexity index is 968. The predicted octanol–water partition coefficient (Wildman–Crippen LogP) is 3.69. The van der Waals surface area contributed by atoms with Gasteiger partial charge < -0.3 is 24.4 Å². The van der Waals surface area contributed by atoms with Crippen molar-refractivity contribution in [3.05, 3.63) is 57.5 Å². The number of hydrogen-bond acceptors (Lipinski definition) is 7. The minimum Gasteiger partial charge on any atom is -0.503 e. The van der Waals surface area contributed by atoms with Crippen LogP contribution in [0.2, 0.25) is 0 Å². The molecule has 7 nitrogen and oxygen atoms in total. The van der Waals surface area contributed by atoms with Crippen molar-refractivity contribution in [3.8, 4) is 11.5 Å². The second-order valence-corrected chi connectivity index (χ2v) is 8.42. The average molecular weight is 445 g/mol. The first-order valence-corrected chi connectivity index (χ1v) is 11.0. The Hall–Kier alpha value is -2.84. The van der Waals surface area contributed by atoms with Crippen LogP contribution in [0.5, 0.6) is 11.5 Å². The molecule has 31 heavy (non-hydrogen) atoms. The van der Waals surface area contributed by atoms with E-state index in [1.165, 1.54) is 11.3 Å². The van der Waals surface area contributed by atoms with Gasteiger partial charge in [0, 0.05) is 6.54 Å². The highest BCUT2D eigenvalue weighted by Crippen LogP contribution is 2.42. The van der Waals surface area contributed by atoms with Gasteiger partial charge in [-0.05, 0) is 63.1 Å². The van der Waals surface area contributed by atoms with Gasteiger partial charge in [0.25, 0.3) is 5.91 Å². The fourth-order valence-electron chi connectivity index (χ4n) is 3.69. The third-order valence-corrected chi connectivity index (χ3v) is 5.97. The Kier molecular flexibility index (Phi) is 7.35. The molecule has 0 fully saturated rings. The zero-order chi connectivity index (χ0) is 22.5. The lowest BCUT2D eigenvalue weighted by atomic mass is 9.95. The van der Waals surface area contributed by atoms with E-state index in [1.54, 1.807) is 41.7 Å². The molecule has 3 rings (SSSR count). The molecule has 8 heteroatoms. The summed E-state index contributed by atoms with van der Waals surface area (Å²) in [6, 6.07) is 8.11. The number of rotatable bonds is 10. The number of carbonyl (C=O) groups is 2. The van der Waals surface area contributed by atoms with E-state index in [0.717, 1.165) is 6.54 Å². The van der Waals surface area contributed by atoms with Crippen LogP contribution in [-0.2, 0) is 4.79 Å². The van der Waals surface area contributed by atoms with Crippen LogP contribution in [0.4, 0.5) is 0 Å². The summed E-state index contributed by atoms with van der Waals surface area (Å²) in [5, 5.41) is 12.5. The zero-order valence-corrected chi connectivity index (χ0v) is 19.1. The number of ketones is 1. The third kappa shape index (κ3) is 4.75. The number of Topliss-reactive ketones (excluding diaryl/α,β-unsaturated/α-hetero) is 1. The van der Waals surface area contributed by atoms with Gasteiger partial charge in [-0.15, -0.1) is 11.3 Å². The molecule has 0 saturated carbocycles. The van der Waals surface area contributed by atoms with Crippen LogP contribution in [0, 0.1) is 0 Å². The maximum atomic E-state index is 13.2. The summed E-state index contributed by atoms with van der Waals surface area (Å²) in [4.78, 5) is 30.3. The largest absolute Gasteiger partial charge is 0.503 e. The van der Waals surface area contributed by atoms with E-state index in [2.05, 4.69) is 0 Å². The fraction of sp³-hybridized carbons (Fsp3) is 0.391. The summed E-state index contributed by atoms with van der Waals surface area (Å²) < 4.78 is 11.1. The number of hydrogen-bond donors (Lipinski definition) is 1. The van der Waals surface area contributed by atoms with E-state index in [1.807, 2.05) is 32.0 Å². The summed E-state index contributed by atoms with van der Waals surface area (Å²) in [7, 11) is 5.46. The highest BCUT2D eigenvalue weighted by atomic mass is 32.1. The first kappa shape index (κ1) is 22.8. The lowest BCUT2D eigenvalue weighted by Gasteiger charge is -2.27. The number of aliphatic hydroxyl groups excluding tert-OH is 1. The van der Waals surface area contributed by atoms with Crippen LogP contribution in [0.25, 0.3) is 0 Å². The molecule has 1 aromatic carbocycles. The lowest BCUT2D eigenvalue weighted by molar-refractivity contribution is -0.129. The van der Waals surface area contributed by atoms with Crippen LogP contribution in [-0.4, -0.2) is 67.5 Å². The highest BCUT2D eigenvalue weighted by Gasteiger charge is 2.44. The third-order valence-electron chi connectivity index (χ3n) is 5.10. The summed E-state index contributed by atoms with van der Waals surface area (Å²) in [5.41, 5.74) is 0.783. The van der Waals surface area contributed by atoms with Gasteiger partial charge in [0.05, 0.1) is 30.2 Å². The second-order valence-electron chi connectivity index (χ2n) is 7.47. The van der Waals surface area contributed by atoms with Crippen LogP contribution in [0.1, 0.15) is 34.6 Å². The molecule has 0 saturated heterocycles.